The summed E-state index contributed by atoms with van der Waals surface area (Å²) >= 11 is 0. The second kappa shape index (κ2) is 6.09. The molecule has 3 heteroatoms. The summed E-state index contributed by atoms with van der Waals surface area (Å²) in [6, 6.07) is 8.67. The molecule has 22 heavy (non-hydrogen) atoms. The van der Waals surface area contributed by atoms with Crippen molar-refractivity contribution in [3.63, 3.8) is 0 Å². The second-order valence-electron chi connectivity index (χ2n) is 6.34. The number of hydrogen-bond donors (Lipinski definition) is 1. The molecule has 1 atom stereocenters. The highest BCUT2D eigenvalue weighted by molar-refractivity contribution is 5.65. The third-order valence-corrected chi connectivity index (χ3v) is 4.51. The van der Waals surface area contributed by atoms with Crippen molar-refractivity contribution < 1.29 is 4.74 Å². The van der Waals surface area contributed by atoms with Crippen LogP contribution in [-0.4, -0.2) is 12.1 Å². The van der Waals surface area contributed by atoms with E-state index in [0.29, 0.717) is 5.92 Å². The van der Waals surface area contributed by atoms with Gasteiger partial charge in [0, 0.05) is 24.7 Å². The van der Waals surface area contributed by atoms with Crippen LogP contribution in [0.3, 0.4) is 0 Å². The van der Waals surface area contributed by atoms with Crippen LogP contribution in [0.25, 0.3) is 0 Å². The highest BCUT2D eigenvalue weighted by Gasteiger charge is 2.25. The number of nitrogens with one attached hydrogen (secondary N) is 1. The SMILES string of the molecule is COC1CCc2c(Nc3ccc(C(C)C)c(C)c3)ccnc21. The minimum atomic E-state index is 0.141. The van der Waals surface area contributed by atoms with Gasteiger partial charge >= 0.3 is 0 Å². The molecule has 3 rings (SSSR count). The normalized spacial score (nSPS) is 16.9. The van der Waals surface area contributed by atoms with E-state index in [0.717, 1.165) is 29.9 Å². The fourth-order valence-corrected chi connectivity index (χ4v) is 3.36. The predicted molar refractivity (Wildman–Crippen MR) is 90.9 cm³/mol. The lowest BCUT2D eigenvalue weighted by Gasteiger charge is -2.15. The van der Waals surface area contributed by atoms with E-state index in [1.165, 1.54) is 16.7 Å². The smallest absolute Gasteiger partial charge is 0.0997 e. The van der Waals surface area contributed by atoms with Gasteiger partial charge in [-0.2, -0.15) is 0 Å². The predicted octanol–water partition coefficient (Wildman–Crippen LogP) is 4.89. The number of pyridine rings is 1. The lowest BCUT2D eigenvalue weighted by Crippen LogP contribution is -2.01. The Kier molecular flexibility index (Phi) is 4.16. The number of fused-ring (bicyclic) bond motifs is 1. The molecule has 2 aromatic rings. The average molecular weight is 296 g/mol. The molecule has 1 aromatic carbocycles. The van der Waals surface area contributed by atoms with Crippen molar-refractivity contribution in [2.24, 2.45) is 0 Å². The van der Waals surface area contributed by atoms with Crippen LogP contribution in [0.1, 0.15) is 54.7 Å². The molecule has 3 nitrogen and oxygen atoms in total. The maximum absolute atomic E-state index is 5.51. The van der Waals surface area contributed by atoms with Gasteiger partial charge in [0.15, 0.2) is 0 Å². The number of rotatable bonds is 4. The molecule has 1 unspecified atom stereocenters. The van der Waals surface area contributed by atoms with Gasteiger partial charge in [-0.3, -0.25) is 4.98 Å². The third-order valence-electron chi connectivity index (χ3n) is 4.51. The van der Waals surface area contributed by atoms with E-state index in [1.54, 1.807) is 7.11 Å². The molecule has 0 saturated carbocycles. The van der Waals surface area contributed by atoms with Crippen LogP contribution in [0.5, 0.6) is 0 Å². The largest absolute Gasteiger partial charge is 0.375 e. The van der Waals surface area contributed by atoms with Gasteiger partial charge in [-0.1, -0.05) is 19.9 Å². The van der Waals surface area contributed by atoms with E-state index in [1.807, 2.05) is 6.20 Å². The summed E-state index contributed by atoms with van der Waals surface area (Å²) < 4.78 is 5.51. The summed E-state index contributed by atoms with van der Waals surface area (Å²) in [6.07, 6.45) is 4.05. The summed E-state index contributed by atoms with van der Waals surface area (Å²) in [4.78, 5) is 4.50. The Morgan fingerprint density at radius 1 is 1.27 bits per heavy atom. The summed E-state index contributed by atoms with van der Waals surface area (Å²) in [5.41, 5.74) is 7.41. The lowest BCUT2D eigenvalue weighted by molar-refractivity contribution is 0.102. The van der Waals surface area contributed by atoms with Crippen LogP contribution >= 0.6 is 0 Å². The number of aryl methyl sites for hydroxylation is 1. The molecule has 0 bridgehead atoms. The molecule has 0 fully saturated rings. The van der Waals surface area contributed by atoms with Crippen molar-refractivity contribution in [3.05, 3.63) is 52.8 Å². The molecule has 1 aliphatic carbocycles. The monoisotopic (exact) mass is 296 g/mol. The van der Waals surface area contributed by atoms with Gasteiger partial charge in [0.25, 0.3) is 0 Å². The quantitative estimate of drug-likeness (QED) is 0.872. The molecule has 1 heterocycles. The first-order valence-electron chi connectivity index (χ1n) is 7.98. The second-order valence-corrected chi connectivity index (χ2v) is 6.34. The van der Waals surface area contributed by atoms with Gasteiger partial charge in [0.05, 0.1) is 11.8 Å². The Bertz CT molecular complexity index is 679. The highest BCUT2D eigenvalue weighted by Crippen LogP contribution is 2.37. The van der Waals surface area contributed by atoms with Gasteiger partial charge in [0.1, 0.15) is 0 Å². The van der Waals surface area contributed by atoms with E-state index in [9.17, 15) is 0 Å². The number of ether oxygens (including phenoxy) is 1. The van der Waals surface area contributed by atoms with Gasteiger partial charge in [0.2, 0.25) is 0 Å². The minimum Gasteiger partial charge on any atom is -0.375 e. The maximum Gasteiger partial charge on any atom is 0.0997 e. The van der Waals surface area contributed by atoms with Gasteiger partial charge < -0.3 is 10.1 Å². The Balaban J connectivity index is 1.89. The molecular weight excluding hydrogens is 272 g/mol. The Labute approximate surface area is 132 Å². The number of nitrogens with zero attached hydrogens (tertiary/aromatic N) is 1. The van der Waals surface area contributed by atoms with Crippen LogP contribution < -0.4 is 5.32 Å². The van der Waals surface area contributed by atoms with Crippen LogP contribution in [0.2, 0.25) is 0 Å². The number of aromatic nitrogens is 1. The molecule has 0 amide bonds. The molecule has 0 spiro atoms. The average Bonchev–Trinajstić information content (AvgIpc) is 2.91. The first kappa shape index (κ1) is 15.0. The Hall–Kier alpha value is -1.87. The highest BCUT2D eigenvalue weighted by atomic mass is 16.5. The molecule has 1 aromatic heterocycles. The van der Waals surface area contributed by atoms with Crippen molar-refractivity contribution >= 4 is 11.4 Å². The third kappa shape index (κ3) is 2.73. The zero-order valence-corrected chi connectivity index (χ0v) is 13.8. The molecule has 0 aliphatic heterocycles. The van der Waals surface area contributed by atoms with Gasteiger partial charge in [-0.05, 0) is 60.6 Å². The van der Waals surface area contributed by atoms with Crippen LogP contribution in [0.15, 0.2) is 30.5 Å². The fraction of sp³-hybridized carbons (Fsp3) is 0.421. The van der Waals surface area contributed by atoms with Crippen LogP contribution in [0.4, 0.5) is 11.4 Å². The Morgan fingerprint density at radius 2 is 2.09 bits per heavy atom. The first-order chi connectivity index (χ1) is 10.6. The molecule has 0 saturated heterocycles. The van der Waals surface area contributed by atoms with E-state index in [-0.39, 0.29) is 6.10 Å². The number of benzene rings is 1. The molecule has 116 valence electrons. The standard InChI is InChI=1S/C19H24N2O/c1-12(2)15-6-5-14(11-13(15)3)21-17-9-10-20-19-16(17)7-8-18(19)22-4/h5-6,9-12,18H,7-8H2,1-4H3,(H,20,21). The van der Waals surface area contributed by atoms with Crippen molar-refractivity contribution in [1.29, 1.82) is 0 Å². The topological polar surface area (TPSA) is 34.1 Å². The van der Waals surface area contributed by atoms with Crippen LogP contribution in [0, 0.1) is 6.92 Å². The summed E-state index contributed by atoms with van der Waals surface area (Å²) in [5, 5.41) is 3.56. The number of methoxy groups -OCH3 is 1. The van der Waals surface area contributed by atoms with Crippen molar-refractivity contribution in [3.8, 4) is 0 Å². The number of hydrogen-bond acceptors (Lipinski definition) is 3. The number of anilines is 2. The molecule has 0 radical (unpaired) electrons. The molecule has 1 N–H and O–H groups in total. The van der Waals surface area contributed by atoms with Gasteiger partial charge in [-0.15, -0.1) is 0 Å². The fourth-order valence-electron chi connectivity index (χ4n) is 3.36. The summed E-state index contributed by atoms with van der Waals surface area (Å²) in [7, 11) is 1.76. The summed E-state index contributed by atoms with van der Waals surface area (Å²) in [6.45, 7) is 6.64. The minimum absolute atomic E-state index is 0.141. The van der Waals surface area contributed by atoms with Crippen molar-refractivity contribution in [1.82, 2.24) is 4.98 Å². The van der Waals surface area contributed by atoms with Crippen LogP contribution in [-0.2, 0) is 11.2 Å². The van der Waals surface area contributed by atoms with Crippen molar-refractivity contribution in [2.75, 3.05) is 12.4 Å². The van der Waals surface area contributed by atoms with E-state index in [4.69, 9.17) is 4.74 Å². The van der Waals surface area contributed by atoms with Gasteiger partial charge in [-0.25, -0.2) is 0 Å². The van der Waals surface area contributed by atoms with Crippen molar-refractivity contribution in [2.45, 2.75) is 45.6 Å². The van der Waals surface area contributed by atoms with E-state index in [2.05, 4.69) is 55.3 Å². The zero-order chi connectivity index (χ0) is 15.7. The first-order valence-corrected chi connectivity index (χ1v) is 7.98. The maximum atomic E-state index is 5.51. The lowest BCUT2D eigenvalue weighted by atomic mass is 9.97. The molecular formula is C19H24N2O. The zero-order valence-electron chi connectivity index (χ0n) is 13.8. The summed E-state index contributed by atoms with van der Waals surface area (Å²) in [5.74, 6) is 0.557. The Morgan fingerprint density at radius 3 is 2.77 bits per heavy atom. The molecule has 1 aliphatic rings. The van der Waals surface area contributed by atoms with E-state index >= 15 is 0 Å². The van der Waals surface area contributed by atoms with E-state index < -0.39 is 0 Å².